The number of amides is 2. The lowest BCUT2D eigenvalue weighted by Gasteiger charge is -2.35. The van der Waals surface area contributed by atoms with Gasteiger partial charge in [-0.3, -0.25) is 9.59 Å². The topological polar surface area (TPSA) is 40.6 Å². The molecule has 0 radical (unpaired) electrons. The maximum Gasteiger partial charge on any atom is 0.255 e. The van der Waals surface area contributed by atoms with Gasteiger partial charge in [-0.2, -0.15) is 0 Å². The molecule has 1 saturated heterocycles. The van der Waals surface area contributed by atoms with Crippen molar-refractivity contribution in [2.45, 2.75) is 4.84 Å². The molecule has 0 aromatic heterocycles. The summed E-state index contributed by atoms with van der Waals surface area (Å²) in [5, 5.41) is 0.590. The van der Waals surface area contributed by atoms with Crippen molar-refractivity contribution in [3.05, 3.63) is 34.9 Å². The van der Waals surface area contributed by atoms with Crippen LogP contribution in [0.2, 0.25) is 5.02 Å². The zero-order chi connectivity index (χ0) is 14.7. The Bertz CT molecular complexity index is 497. The Morgan fingerprint density at radius 3 is 1.95 bits per heavy atom. The van der Waals surface area contributed by atoms with Gasteiger partial charge in [-0.05, 0) is 24.3 Å². The molecular formula is C13H13Cl3N2O2. The van der Waals surface area contributed by atoms with E-state index in [4.69, 9.17) is 34.8 Å². The van der Waals surface area contributed by atoms with Gasteiger partial charge < -0.3 is 9.80 Å². The van der Waals surface area contributed by atoms with E-state index in [0.29, 0.717) is 36.8 Å². The molecule has 20 heavy (non-hydrogen) atoms. The number of alkyl halides is 2. The lowest BCUT2D eigenvalue weighted by atomic mass is 10.2. The number of rotatable bonds is 2. The minimum atomic E-state index is -1.05. The molecule has 1 aromatic carbocycles. The van der Waals surface area contributed by atoms with Crippen LogP contribution < -0.4 is 0 Å². The van der Waals surface area contributed by atoms with E-state index >= 15 is 0 Å². The molecule has 2 rings (SSSR count). The molecule has 0 bridgehead atoms. The SMILES string of the molecule is O=C(c1ccc(Cl)cc1)N1CCN(C(=O)C(Cl)Cl)CC1. The van der Waals surface area contributed by atoms with E-state index in [1.807, 2.05) is 0 Å². The Morgan fingerprint density at radius 2 is 1.45 bits per heavy atom. The number of carbonyl (C=O) groups is 2. The van der Waals surface area contributed by atoms with Crippen molar-refractivity contribution in [3.63, 3.8) is 0 Å². The van der Waals surface area contributed by atoms with E-state index in [1.165, 1.54) is 0 Å². The van der Waals surface area contributed by atoms with E-state index in [9.17, 15) is 9.59 Å². The highest BCUT2D eigenvalue weighted by molar-refractivity contribution is 6.53. The fraction of sp³-hybridized carbons (Fsp3) is 0.385. The average Bonchev–Trinajstić information content (AvgIpc) is 2.46. The fourth-order valence-corrected chi connectivity index (χ4v) is 2.44. The highest BCUT2D eigenvalue weighted by Gasteiger charge is 2.27. The molecule has 0 unspecified atom stereocenters. The van der Waals surface area contributed by atoms with Crippen molar-refractivity contribution >= 4 is 46.6 Å². The van der Waals surface area contributed by atoms with Crippen LogP contribution in [-0.2, 0) is 4.79 Å². The summed E-state index contributed by atoms with van der Waals surface area (Å²) in [6.07, 6.45) is 0. The molecule has 4 nitrogen and oxygen atoms in total. The summed E-state index contributed by atoms with van der Waals surface area (Å²) in [5.74, 6) is -0.381. The van der Waals surface area contributed by atoms with Crippen LogP contribution >= 0.6 is 34.8 Å². The van der Waals surface area contributed by atoms with Gasteiger partial charge in [-0.15, -0.1) is 0 Å². The van der Waals surface area contributed by atoms with Gasteiger partial charge in [0.25, 0.3) is 11.8 Å². The van der Waals surface area contributed by atoms with Crippen LogP contribution in [0.4, 0.5) is 0 Å². The molecule has 108 valence electrons. The lowest BCUT2D eigenvalue weighted by Crippen LogP contribution is -2.51. The van der Waals surface area contributed by atoms with Gasteiger partial charge in [0.1, 0.15) is 0 Å². The Labute approximate surface area is 132 Å². The number of hydrogen-bond acceptors (Lipinski definition) is 2. The van der Waals surface area contributed by atoms with Crippen molar-refractivity contribution < 1.29 is 9.59 Å². The van der Waals surface area contributed by atoms with Gasteiger partial charge in [0.15, 0.2) is 4.84 Å². The summed E-state index contributed by atoms with van der Waals surface area (Å²) in [5.41, 5.74) is 0.585. The van der Waals surface area contributed by atoms with Gasteiger partial charge in [-0.1, -0.05) is 34.8 Å². The molecule has 1 heterocycles. The summed E-state index contributed by atoms with van der Waals surface area (Å²) in [7, 11) is 0. The number of halogens is 3. The van der Waals surface area contributed by atoms with Crippen LogP contribution in [0.1, 0.15) is 10.4 Å². The number of benzene rings is 1. The second kappa shape index (κ2) is 6.66. The summed E-state index contributed by atoms with van der Waals surface area (Å²) in [4.78, 5) is 26.1. The molecular weight excluding hydrogens is 323 g/mol. The standard InChI is InChI=1S/C13H13Cl3N2O2/c14-10-3-1-9(2-4-10)12(19)17-5-7-18(8-6-17)13(20)11(15)16/h1-4,11H,5-8H2. The van der Waals surface area contributed by atoms with E-state index in [0.717, 1.165) is 0 Å². The number of piperazine rings is 1. The van der Waals surface area contributed by atoms with Gasteiger partial charge >= 0.3 is 0 Å². The lowest BCUT2D eigenvalue weighted by molar-refractivity contribution is -0.130. The third-order valence-corrected chi connectivity index (χ3v) is 3.78. The van der Waals surface area contributed by atoms with Crippen LogP contribution in [-0.4, -0.2) is 52.6 Å². The van der Waals surface area contributed by atoms with Crippen LogP contribution in [0, 0.1) is 0 Å². The van der Waals surface area contributed by atoms with Gasteiger partial charge in [0.2, 0.25) is 0 Å². The molecule has 7 heteroatoms. The van der Waals surface area contributed by atoms with Crippen molar-refractivity contribution in [2.75, 3.05) is 26.2 Å². The van der Waals surface area contributed by atoms with Crippen molar-refractivity contribution in [1.82, 2.24) is 9.80 Å². The second-order valence-corrected chi connectivity index (χ2v) is 5.96. The minimum Gasteiger partial charge on any atom is -0.337 e. The minimum absolute atomic E-state index is 0.0675. The molecule has 0 spiro atoms. The first-order valence-electron chi connectivity index (χ1n) is 6.11. The third kappa shape index (κ3) is 3.57. The van der Waals surface area contributed by atoms with Crippen molar-refractivity contribution in [2.24, 2.45) is 0 Å². The summed E-state index contributed by atoms with van der Waals surface area (Å²) < 4.78 is 0. The first-order valence-corrected chi connectivity index (χ1v) is 7.36. The second-order valence-electron chi connectivity index (χ2n) is 4.43. The zero-order valence-corrected chi connectivity index (χ0v) is 12.8. The molecule has 2 amide bonds. The predicted octanol–water partition coefficient (Wildman–Crippen LogP) is 2.43. The highest BCUT2D eigenvalue weighted by atomic mass is 35.5. The van der Waals surface area contributed by atoms with E-state index < -0.39 is 4.84 Å². The molecule has 1 fully saturated rings. The Morgan fingerprint density at radius 1 is 0.950 bits per heavy atom. The number of nitrogens with zero attached hydrogens (tertiary/aromatic N) is 2. The van der Waals surface area contributed by atoms with Crippen LogP contribution in [0.25, 0.3) is 0 Å². The van der Waals surface area contributed by atoms with Crippen molar-refractivity contribution in [1.29, 1.82) is 0 Å². The maximum absolute atomic E-state index is 12.2. The van der Waals surface area contributed by atoms with E-state index in [1.54, 1.807) is 34.1 Å². The van der Waals surface area contributed by atoms with Gasteiger partial charge in [0.05, 0.1) is 0 Å². The van der Waals surface area contributed by atoms with Crippen LogP contribution in [0.5, 0.6) is 0 Å². The molecule has 0 aliphatic carbocycles. The summed E-state index contributed by atoms with van der Waals surface area (Å²) >= 11 is 16.9. The first-order chi connectivity index (χ1) is 9.49. The average molecular weight is 336 g/mol. The smallest absolute Gasteiger partial charge is 0.255 e. The monoisotopic (exact) mass is 334 g/mol. The Balaban J connectivity index is 1.95. The van der Waals surface area contributed by atoms with Crippen LogP contribution in [0.3, 0.4) is 0 Å². The van der Waals surface area contributed by atoms with Gasteiger partial charge in [-0.25, -0.2) is 0 Å². The predicted molar refractivity (Wildman–Crippen MR) is 79.4 cm³/mol. The first kappa shape index (κ1) is 15.4. The molecule has 0 saturated carbocycles. The molecule has 1 aliphatic rings. The third-order valence-electron chi connectivity index (χ3n) is 3.16. The zero-order valence-electron chi connectivity index (χ0n) is 10.6. The fourth-order valence-electron chi connectivity index (χ4n) is 2.04. The normalized spacial score (nSPS) is 15.6. The molecule has 0 atom stereocenters. The summed E-state index contributed by atoms with van der Waals surface area (Å²) in [6.45, 7) is 1.81. The van der Waals surface area contributed by atoms with Crippen LogP contribution in [0.15, 0.2) is 24.3 Å². The maximum atomic E-state index is 12.2. The number of carbonyl (C=O) groups excluding carboxylic acids is 2. The number of hydrogen-bond donors (Lipinski definition) is 0. The van der Waals surface area contributed by atoms with Gasteiger partial charge in [0, 0.05) is 36.8 Å². The largest absolute Gasteiger partial charge is 0.337 e. The quantitative estimate of drug-likeness (QED) is 0.779. The van der Waals surface area contributed by atoms with Crippen molar-refractivity contribution in [3.8, 4) is 0 Å². The van der Waals surface area contributed by atoms with E-state index in [-0.39, 0.29) is 11.8 Å². The Kier molecular flexibility index (Phi) is 5.13. The Hall–Kier alpha value is -0.970. The highest BCUT2D eigenvalue weighted by Crippen LogP contribution is 2.14. The van der Waals surface area contributed by atoms with E-state index in [2.05, 4.69) is 0 Å². The molecule has 1 aliphatic heterocycles. The molecule has 0 N–H and O–H groups in total. The molecule has 1 aromatic rings. The summed E-state index contributed by atoms with van der Waals surface area (Å²) in [6, 6.07) is 6.74.